The van der Waals surface area contributed by atoms with Crippen molar-refractivity contribution in [1.82, 2.24) is 4.98 Å². The van der Waals surface area contributed by atoms with Crippen LogP contribution in [0.5, 0.6) is 0 Å². The van der Waals surface area contributed by atoms with E-state index in [0.717, 1.165) is 23.5 Å². The minimum Gasteiger partial charge on any atom is -0.356 e. The van der Waals surface area contributed by atoms with Gasteiger partial charge in [0.05, 0.1) is 17.5 Å². The predicted octanol–water partition coefficient (Wildman–Crippen LogP) is 3.19. The zero-order valence-electron chi connectivity index (χ0n) is 10.9. The van der Waals surface area contributed by atoms with Crippen LogP contribution in [0.1, 0.15) is 18.2 Å². The fourth-order valence-electron chi connectivity index (χ4n) is 2.93. The second kappa shape index (κ2) is 4.29. The van der Waals surface area contributed by atoms with Crippen LogP contribution in [0.15, 0.2) is 18.7 Å². The summed E-state index contributed by atoms with van der Waals surface area (Å²) in [5.74, 6) is -2.58. The molecule has 4 heteroatoms. The van der Waals surface area contributed by atoms with Gasteiger partial charge in [-0.3, -0.25) is 0 Å². The Morgan fingerprint density at radius 1 is 1.42 bits per heavy atom. The first-order valence-corrected chi connectivity index (χ1v) is 6.61. The molecule has 0 spiro atoms. The molecule has 101 valence electrons. The van der Waals surface area contributed by atoms with E-state index in [1.807, 2.05) is 24.0 Å². The standard InChI is InChI=1S/C15H17F2N2/c1-3-5-10-6-7-14(18-13(10)4-2)19-8-11-12(9-19)15(11,16)17/h3-4,6-7,11-12H,2,5,8-9H2,1H3. The molecule has 2 fully saturated rings. The van der Waals surface area contributed by atoms with Gasteiger partial charge in [-0.1, -0.05) is 19.6 Å². The fourth-order valence-corrected chi connectivity index (χ4v) is 2.93. The number of rotatable bonds is 4. The van der Waals surface area contributed by atoms with Crippen LogP contribution in [0.4, 0.5) is 14.6 Å². The van der Waals surface area contributed by atoms with Gasteiger partial charge >= 0.3 is 0 Å². The summed E-state index contributed by atoms with van der Waals surface area (Å²) in [4.78, 5) is 6.50. The van der Waals surface area contributed by atoms with E-state index in [1.54, 1.807) is 6.08 Å². The maximum absolute atomic E-state index is 13.2. The quantitative estimate of drug-likeness (QED) is 0.829. The zero-order valence-corrected chi connectivity index (χ0v) is 10.9. The predicted molar refractivity (Wildman–Crippen MR) is 72.1 cm³/mol. The summed E-state index contributed by atoms with van der Waals surface area (Å²) in [6.45, 7) is 6.60. The Bertz CT molecular complexity index is 499. The van der Waals surface area contributed by atoms with Gasteiger partial charge in [-0.15, -0.1) is 0 Å². The Morgan fingerprint density at radius 2 is 2.11 bits per heavy atom. The third-order valence-corrected chi connectivity index (χ3v) is 4.14. The Kier molecular flexibility index (Phi) is 2.84. The lowest BCUT2D eigenvalue weighted by Gasteiger charge is -2.21. The number of anilines is 1. The molecule has 19 heavy (non-hydrogen) atoms. The van der Waals surface area contributed by atoms with Gasteiger partial charge in [0.15, 0.2) is 0 Å². The van der Waals surface area contributed by atoms with Crippen molar-refractivity contribution in [2.24, 2.45) is 11.8 Å². The van der Waals surface area contributed by atoms with Crippen LogP contribution in [0.3, 0.4) is 0 Å². The molecule has 1 aliphatic carbocycles. The number of hydrogen-bond acceptors (Lipinski definition) is 2. The van der Waals surface area contributed by atoms with Crippen LogP contribution in [0.2, 0.25) is 0 Å². The molecule has 2 aliphatic rings. The van der Waals surface area contributed by atoms with Crippen molar-refractivity contribution in [3.63, 3.8) is 0 Å². The maximum atomic E-state index is 13.2. The summed E-state index contributed by atoms with van der Waals surface area (Å²) < 4.78 is 26.3. The molecule has 1 aromatic heterocycles. The van der Waals surface area contributed by atoms with Crippen molar-refractivity contribution in [2.45, 2.75) is 19.3 Å². The van der Waals surface area contributed by atoms with E-state index in [0.29, 0.717) is 13.1 Å². The van der Waals surface area contributed by atoms with E-state index in [4.69, 9.17) is 0 Å². The smallest absolute Gasteiger partial charge is 0.258 e. The first kappa shape index (κ1) is 12.6. The van der Waals surface area contributed by atoms with Gasteiger partial charge in [0.1, 0.15) is 5.82 Å². The van der Waals surface area contributed by atoms with Gasteiger partial charge in [0.2, 0.25) is 0 Å². The number of aromatic nitrogens is 1. The van der Waals surface area contributed by atoms with E-state index < -0.39 is 17.8 Å². The van der Waals surface area contributed by atoms with Crippen molar-refractivity contribution in [3.05, 3.63) is 36.4 Å². The fraction of sp³-hybridized carbons (Fsp3) is 0.467. The molecule has 2 nitrogen and oxygen atoms in total. The molecular weight excluding hydrogens is 246 g/mol. The molecule has 1 saturated heterocycles. The number of halogens is 2. The number of alkyl halides is 2. The lowest BCUT2D eigenvalue weighted by atomic mass is 10.1. The average molecular weight is 263 g/mol. The van der Waals surface area contributed by atoms with Gasteiger partial charge in [-0.05, 0) is 30.5 Å². The SMILES string of the molecule is C=Cc1nc(N2CC3C(C2)C3(F)F)ccc1C[CH]C. The molecule has 3 rings (SSSR count). The van der Waals surface area contributed by atoms with Crippen molar-refractivity contribution in [3.8, 4) is 0 Å². The van der Waals surface area contributed by atoms with Crippen LogP contribution in [-0.2, 0) is 6.42 Å². The highest BCUT2D eigenvalue weighted by molar-refractivity contribution is 5.54. The maximum Gasteiger partial charge on any atom is 0.258 e. The van der Waals surface area contributed by atoms with Crippen LogP contribution >= 0.6 is 0 Å². The van der Waals surface area contributed by atoms with Gasteiger partial charge in [0, 0.05) is 13.1 Å². The zero-order chi connectivity index (χ0) is 13.6. The summed E-state index contributed by atoms with van der Waals surface area (Å²) in [7, 11) is 0. The molecule has 0 amide bonds. The summed E-state index contributed by atoms with van der Waals surface area (Å²) in [6.07, 6.45) is 4.64. The molecule has 2 atom stereocenters. The monoisotopic (exact) mass is 263 g/mol. The molecule has 1 saturated carbocycles. The molecule has 1 aliphatic heterocycles. The van der Waals surface area contributed by atoms with Crippen LogP contribution in [0, 0.1) is 18.3 Å². The van der Waals surface area contributed by atoms with E-state index in [2.05, 4.69) is 18.0 Å². The normalized spacial score (nSPS) is 27.2. The largest absolute Gasteiger partial charge is 0.356 e. The first-order chi connectivity index (χ1) is 9.07. The number of piperidine rings is 1. The van der Waals surface area contributed by atoms with Gasteiger partial charge < -0.3 is 4.90 Å². The lowest BCUT2D eigenvalue weighted by Crippen LogP contribution is -2.28. The molecular formula is C15H17F2N2. The lowest BCUT2D eigenvalue weighted by molar-refractivity contribution is 0.0797. The number of fused-ring (bicyclic) bond motifs is 1. The van der Waals surface area contributed by atoms with E-state index in [1.165, 1.54) is 0 Å². The topological polar surface area (TPSA) is 16.1 Å². The average Bonchev–Trinajstić information content (AvgIpc) is 2.81. The third kappa shape index (κ3) is 1.94. The molecule has 0 N–H and O–H groups in total. The highest BCUT2D eigenvalue weighted by Gasteiger charge is 2.71. The molecule has 0 aromatic carbocycles. The van der Waals surface area contributed by atoms with Crippen molar-refractivity contribution in [1.29, 1.82) is 0 Å². The number of nitrogens with zero attached hydrogens (tertiary/aromatic N) is 2. The van der Waals surface area contributed by atoms with E-state index in [-0.39, 0.29) is 0 Å². The summed E-state index contributed by atoms with van der Waals surface area (Å²) in [6, 6.07) is 3.94. The summed E-state index contributed by atoms with van der Waals surface area (Å²) >= 11 is 0. The molecule has 0 bridgehead atoms. The highest BCUT2D eigenvalue weighted by atomic mass is 19.3. The third-order valence-electron chi connectivity index (χ3n) is 4.14. The van der Waals surface area contributed by atoms with Gasteiger partial charge in [-0.25, -0.2) is 13.8 Å². The van der Waals surface area contributed by atoms with Crippen LogP contribution in [-0.4, -0.2) is 24.0 Å². The van der Waals surface area contributed by atoms with Gasteiger partial charge in [-0.2, -0.15) is 0 Å². The van der Waals surface area contributed by atoms with Gasteiger partial charge in [0.25, 0.3) is 5.92 Å². The summed E-state index contributed by atoms with van der Waals surface area (Å²) in [5.41, 5.74) is 1.97. The highest BCUT2D eigenvalue weighted by Crippen LogP contribution is 2.59. The van der Waals surface area contributed by atoms with Crippen molar-refractivity contribution in [2.75, 3.05) is 18.0 Å². The van der Waals surface area contributed by atoms with Crippen molar-refractivity contribution >= 4 is 11.9 Å². The van der Waals surface area contributed by atoms with E-state index in [9.17, 15) is 8.78 Å². The number of hydrogen-bond donors (Lipinski definition) is 0. The molecule has 2 unspecified atom stereocenters. The molecule has 1 aromatic rings. The Morgan fingerprint density at radius 3 is 2.68 bits per heavy atom. The van der Waals surface area contributed by atoms with Crippen LogP contribution in [0.25, 0.3) is 6.08 Å². The second-order valence-corrected chi connectivity index (χ2v) is 5.32. The Balaban J connectivity index is 1.78. The number of pyridine rings is 1. The van der Waals surface area contributed by atoms with E-state index >= 15 is 0 Å². The van der Waals surface area contributed by atoms with Crippen molar-refractivity contribution < 1.29 is 8.78 Å². The molecule has 1 radical (unpaired) electrons. The minimum absolute atomic E-state index is 0.417. The second-order valence-electron chi connectivity index (χ2n) is 5.32. The molecule has 2 heterocycles. The minimum atomic E-state index is -2.44. The Hall–Kier alpha value is -1.45. The summed E-state index contributed by atoms with van der Waals surface area (Å²) in [5, 5.41) is 0. The first-order valence-electron chi connectivity index (χ1n) is 6.61. The Labute approximate surface area is 112 Å². The van der Waals surface area contributed by atoms with Crippen LogP contribution < -0.4 is 4.90 Å².